The molecule has 1 aromatic carbocycles. The van der Waals surface area contributed by atoms with Crippen LogP contribution in [-0.4, -0.2) is 36.0 Å². The lowest BCUT2D eigenvalue weighted by Gasteiger charge is -2.54. The predicted molar refractivity (Wildman–Crippen MR) is 103 cm³/mol. The summed E-state index contributed by atoms with van der Waals surface area (Å²) in [6.07, 6.45) is 2.83. The molecule has 2 atom stereocenters. The van der Waals surface area contributed by atoms with Gasteiger partial charge in [0.05, 0.1) is 18.1 Å². The van der Waals surface area contributed by atoms with E-state index >= 15 is 0 Å². The first kappa shape index (κ1) is 17.5. The molecular formula is C20H25N3O2S. The number of benzene rings is 1. The van der Waals surface area contributed by atoms with Crippen molar-refractivity contribution in [2.75, 3.05) is 20.2 Å². The highest BCUT2D eigenvalue weighted by Crippen LogP contribution is 2.62. The van der Waals surface area contributed by atoms with Crippen LogP contribution in [0.3, 0.4) is 0 Å². The quantitative estimate of drug-likeness (QED) is 0.877. The van der Waals surface area contributed by atoms with Crippen molar-refractivity contribution in [2.24, 2.45) is 22.5 Å². The topological polar surface area (TPSA) is 68.4 Å². The minimum absolute atomic E-state index is 0.136. The number of ether oxygens (including phenoxy) is 1. The van der Waals surface area contributed by atoms with Crippen LogP contribution in [0.15, 0.2) is 30.5 Å². The molecule has 5 nitrogen and oxygen atoms in total. The molecule has 2 aromatic rings. The molecule has 138 valence electrons. The molecule has 2 N–H and O–H groups in total. The third kappa shape index (κ3) is 2.63. The molecular weight excluding hydrogens is 346 g/mol. The molecule has 1 amide bonds. The largest absolute Gasteiger partial charge is 0.496 e. The number of rotatable bonds is 5. The van der Waals surface area contributed by atoms with E-state index in [0.29, 0.717) is 5.92 Å². The molecule has 1 aromatic heterocycles. The van der Waals surface area contributed by atoms with E-state index < -0.39 is 0 Å². The Hall–Kier alpha value is -1.92. The highest BCUT2D eigenvalue weighted by Gasteiger charge is 2.65. The third-order valence-electron chi connectivity index (χ3n) is 6.09. The highest BCUT2D eigenvalue weighted by atomic mass is 32.1. The first-order chi connectivity index (χ1) is 12.4. The number of aromatic nitrogens is 1. The second kappa shape index (κ2) is 6.06. The SMILES string of the molecule is COc1ccccc1-c1ncc(CN2C[C@@H]3C(C)(C)C[C@]3(C(N)=O)C2)s1. The first-order valence-corrected chi connectivity index (χ1v) is 9.78. The molecule has 2 fully saturated rings. The number of hydrogen-bond acceptors (Lipinski definition) is 5. The summed E-state index contributed by atoms with van der Waals surface area (Å²) in [4.78, 5) is 20.3. The third-order valence-corrected chi connectivity index (χ3v) is 7.10. The Bertz CT molecular complexity index is 847. The number of fused-ring (bicyclic) bond motifs is 1. The van der Waals surface area contributed by atoms with E-state index in [2.05, 4.69) is 23.7 Å². The number of hydrogen-bond donors (Lipinski definition) is 1. The van der Waals surface area contributed by atoms with E-state index in [1.807, 2.05) is 30.5 Å². The van der Waals surface area contributed by atoms with Gasteiger partial charge in [-0.2, -0.15) is 0 Å². The minimum Gasteiger partial charge on any atom is -0.496 e. The number of amides is 1. The zero-order chi connectivity index (χ0) is 18.5. The maximum Gasteiger partial charge on any atom is 0.225 e. The van der Waals surface area contributed by atoms with Gasteiger partial charge in [-0.15, -0.1) is 11.3 Å². The van der Waals surface area contributed by atoms with Crippen molar-refractivity contribution in [2.45, 2.75) is 26.8 Å². The Balaban J connectivity index is 1.51. The Morgan fingerprint density at radius 2 is 2.19 bits per heavy atom. The second-order valence-corrected chi connectivity index (χ2v) is 9.36. The standard InChI is InChI=1S/C20H25N3O2S/c1-19(2)11-20(18(21)24)12-23(10-16(19)20)9-13-8-22-17(26-13)14-6-4-5-7-15(14)25-3/h4-8,16H,9-12H2,1-3H3,(H2,21,24)/t16-,20+/m1/s1. The average Bonchev–Trinajstić information content (AvgIpc) is 3.18. The van der Waals surface area contributed by atoms with Crippen molar-refractivity contribution < 1.29 is 9.53 Å². The summed E-state index contributed by atoms with van der Waals surface area (Å²) in [6, 6.07) is 7.94. The fourth-order valence-electron chi connectivity index (χ4n) is 4.99. The Morgan fingerprint density at radius 3 is 2.85 bits per heavy atom. The number of para-hydroxylation sites is 1. The molecule has 1 saturated heterocycles. The normalized spacial score (nSPS) is 27.0. The second-order valence-electron chi connectivity index (χ2n) is 8.24. The van der Waals surface area contributed by atoms with E-state index in [1.165, 1.54) is 4.88 Å². The average molecular weight is 372 g/mol. The van der Waals surface area contributed by atoms with Gasteiger partial charge in [-0.05, 0) is 29.9 Å². The molecule has 4 rings (SSSR count). The van der Waals surface area contributed by atoms with Crippen molar-refractivity contribution in [1.82, 2.24) is 9.88 Å². The lowest BCUT2D eigenvalue weighted by molar-refractivity contribution is -0.148. The van der Waals surface area contributed by atoms with Crippen LogP contribution in [0.25, 0.3) is 10.6 Å². The monoisotopic (exact) mass is 371 g/mol. The van der Waals surface area contributed by atoms with E-state index in [9.17, 15) is 4.79 Å². The van der Waals surface area contributed by atoms with Crippen molar-refractivity contribution in [3.05, 3.63) is 35.3 Å². The van der Waals surface area contributed by atoms with Gasteiger partial charge in [0, 0.05) is 30.7 Å². The van der Waals surface area contributed by atoms with E-state index in [-0.39, 0.29) is 16.7 Å². The van der Waals surface area contributed by atoms with Gasteiger partial charge in [-0.3, -0.25) is 9.69 Å². The Kier molecular flexibility index (Phi) is 4.08. The van der Waals surface area contributed by atoms with Gasteiger partial charge < -0.3 is 10.5 Å². The molecule has 1 saturated carbocycles. The van der Waals surface area contributed by atoms with Crippen molar-refractivity contribution in [3.63, 3.8) is 0 Å². The Morgan fingerprint density at radius 1 is 1.42 bits per heavy atom. The van der Waals surface area contributed by atoms with Crippen LogP contribution in [-0.2, 0) is 11.3 Å². The van der Waals surface area contributed by atoms with Gasteiger partial charge >= 0.3 is 0 Å². The molecule has 1 aliphatic heterocycles. The molecule has 0 bridgehead atoms. The van der Waals surface area contributed by atoms with Crippen LogP contribution in [0.4, 0.5) is 0 Å². The van der Waals surface area contributed by atoms with Crippen LogP contribution in [0.2, 0.25) is 0 Å². The maximum absolute atomic E-state index is 12.1. The van der Waals surface area contributed by atoms with E-state index in [0.717, 1.165) is 42.4 Å². The molecule has 26 heavy (non-hydrogen) atoms. The van der Waals surface area contributed by atoms with Crippen molar-refractivity contribution >= 4 is 17.2 Å². The maximum atomic E-state index is 12.1. The highest BCUT2D eigenvalue weighted by molar-refractivity contribution is 7.15. The van der Waals surface area contributed by atoms with Gasteiger partial charge in [0.15, 0.2) is 0 Å². The Labute approximate surface area is 158 Å². The summed E-state index contributed by atoms with van der Waals surface area (Å²) in [5.41, 5.74) is 6.65. The van der Waals surface area contributed by atoms with Gasteiger partial charge in [0.1, 0.15) is 10.8 Å². The van der Waals surface area contributed by atoms with Gasteiger partial charge in [0.25, 0.3) is 0 Å². The first-order valence-electron chi connectivity index (χ1n) is 8.96. The van der Waals surface area contributed by atoms with Gasteiger partial charge in [-0.1, -0.05) is 26.0 Å². The van der Waals surface area contributed by atoms with Crippen molar-refractivity contribution in [1.29, 1.82) is 0 Å². The van der Waals surface area contributed by atoms with E-state index in [4.69, 9.17) is 10.5 Å². The predicted octanol–water partition coefficient (Wildman–Crippen LogP) is 3.15. The number of carbonyl (C=O) groups is 1. The number of nitrogens with zero attached hydrogens (tertiary/aromatic N) is 2. The van der Waals surface area contributed by atoms with E-state index in [1.54, 1.807) is 18.4 Å². The van der Waals surface area contributed by atoms with Crippen LogP contribution >= 0.6 is 11.3 Å². The summed E-state index contributed by atoms with van der Waals surface area (Å²) in [5.74, 6) is 1.06. The summed E-state index contributed by atoms with van der Waals surface area (Å²) in [5, 5.41) is 0.963. The zero-order valence-corrected chi connectivity index (χ0v) is 16.3. The van der Waals surface area contributed by atoms with Gasteiger partial charge in [0.2, 0.25) is 5.91 Å². The van der Waals surface area contributed by atoms with Crippen LogP contribution < -0.4 is 10.5 Å². The zero-order valence-electron chi connectivity index (χ0n) is 15.5. The summed E-state index contributed by atoms with van der Waals surface area (Å²) in [6.45, 7) is 6.99. The number of thiazole rings is 1. The minimum atomic E-state index is -0.334. The number of carbonyl (C=O) groups excluding carboxylic acids is 1. The molecule has 1 aliphatic carbocycles. The van der Waals surface area contributed by atoms with Crippen LogP contribution in [0, 0.1) is 16.7 Å². The summed E-state index contributed by atoms with van der Waals surface area (Å²) >= 11 is 1.68. The molecule has 2 heterocycles. The van der Waals surface area contributed by atoms with Gasteiger partial charge in [-0.25, -0.2) is 4.98 Å². The number of primary amides is 1. The smallest absolute Gasteiger partial charge is 0.225 e. The summed E-state index contributed by atoms with van der Waals surface area (Å²) in [7, 11) is 1.68. The fraction of sp³-hybridized carbons (Fsp3) is 0.500. The number of nitrogens with two attached hydrogens (primary N) is 1. The van der Waals surface area contributed by atoms with Crippen LogP contribution in [0.5, 0.6) is 5.75 Å². The summed E-state index contributed by atoms with van der Waals surface area (Å²) < 4.78 is 5.45. The molecule has 6 heteroatoms. The van der Waals surface area contributed by atoms with Crippen LogP contribution in [0.1, 0.15) is 25.1 Å². The lowest BCUT2D eigenvalue weighted by atomic mass is 9.48. The molecule has 0 radical (unpaired) electrons. The lowest BCUT2D eigenvalue weighted by Crippen LogP contribution is -2.59. The molecule has 0 unspecified atom stereocenters. The van der Waals surface area contributed by atoms with Crippen molar-refractivity contribution in [3.8, 4) is 16.3 Å². The number of likely N-dealkylation sites (tertiary alicyclic amines) is 1. The molecule has 2 aliphatic rings. The number of methoxy groups -OCH3 is 1. The fourth-order valence-corrected chi connectivity index (χ4v) is 5.97. The molecule has 0 spiro atoms.